The Kier molecular flexibility index (Phi) is 5.55. The van der Waals surface area contributed by atoms with E-state index in [4.69, 9.17) is 4.74 Å². The van der Waals surface area contributed by atoms with Gasteiger partial charge in [0.05, 0.1) is 13.2 Å². The average molecular weight is 278 g/mol. The first kappa shape index (κ1) is 16.0. The van der Waals surface area contributed by atoms with Crippen LogP contribution in [-0.2, 0) is 9.59 Å². The highest BCUT2D eigenvalue weighted by atomic mass is 16.5. The highest BCUT2D eigenvalue weighted by molar-refractivity contribution is 5.86. The fourth-order valence-electron chi connectivity index (χ4n) is 1.98. The van der Waals surface area contributed by atoms with E-state index in [0.29, 0.717) is 0 Å². The lowest BCUT2D eigenvalue weighted by molar-refractivity contribution is -0.128. The molecular weight excluding hydrogens is 256 g/mol. The molecule has 2 unspecified atom stereocenters. The van der Waals surface area contributed by atoms with Gasteiger partial charge in [0.15, 0.2) is 0 Å². The lowest BCUT2D eigenvalue weighted by Crippen LogP contribution is -2.44. The minimum absolute atomic E-state index is 0.200. The van der Waals surface area contributed by atoms with Gasteiger partial charge in [0.1, 0.15) is 11.8 Å². The summed E-state index contributed by atoms with van der Waals surface area (Å²) in [6.07, 6.45) is 0. The lowest BCUT2D eigenvalue weighted by atomic mass is 10.0. The zero-order chi connectivity index (χ0) is 15.3. The van der Waals surface area contributed by atoms with E-state index in [9.17, 15) is 9.59 Å². The van der Waals surface area contributed by atoms with E-state index in [1.165, 1.54) is 6.92 Å². The standard InChI is InChI=1S/C15H22N2O3/c1-9-6-7-14(20-5)13(8-9)10(2)17-15(19)11(3)16-12(4)18/h6-8,10-11H,1-5H3,(H,16,18)(H,17,19). The van der Waals surface area contributed by atoms with Gasteiger partial charge in [-0.2, -0.15) is 0 Å². The summed E-state index contributed by atoms with van der Waals surface area (Å²) in [7, 11) is 1.60. The maximum atomic E-state index is 12.0. The summed E-state index contributed by atoms with van der Waals surface area (Å²) in [5, 5.41) is 5.43. The molecule has 0 bridgehead atoms. The van der Waals surface area contributed by atoms with E-state index in [-0.39, 0.29) is 17.9 Å². The van der Waals surface area contributed by atoms with Crippen LogP contribution in [0.2, 0.25) is 0 Å². The van der Waals surface area contributed by atoms with Gasteiger partial charge < -0.3 is 15.4 Å². The number of carbonyl (C=O) groups is 2. The van der Waals surface area contributed by atoms with Crippen LogP contribution in [-0.4, -0.2) is 25.0 Å². The van der Waals surface area contributed by atoms with Crippen molar-refractivity contribution < 1.29 is 14.3 Å². The Morgan fingerprint density at radius 2 is 1.85 bits per heavy atom. The van der Waals surface area contributed by atoms with Gasteiger partial charge in [0.2, 0.25) is 11.8 Å². The first-order chi connectivity index (χ1) is 9.35. The van der Waals surface area contributed by atoms with Gasteiger partial charge >= 0.3 is 0 Å². The molecule has 5 nitrogen and oxygen atoms in total. The molecule has 0 spiro atoms. The largest absolute Gasteiger partial charge is 0.496 e. The van der Waals surface area contributed by atoms with Gasteiger partial charge in [-0.3, -0.25) is 9.59 Å². The predicted octanol–water partition coefficient (Wildman–Crippen LogP) is 1.71. The number of carbonyl (C=O) groups excluding carboxylic acids is 2. The Morgan fingerprint density at radius 3 is 2.40 bits per heavy atom. The molecule has 0 aliphatic rings. The molecular formula is C15H22N2O3. The Hall–Kier alpha value is -2.04. The van der Waals surface area contributed by atoms with Crippen LogP contribution in [0, 0.1) is 6.92 Å². The minimum atomic E-state index is -0.564. The monoisotopic (exact) mass is 278 g/mol. The van der Waals surface area contributed by atoms with Crippen molar-refractivity contribution in [3.05, 3.63) is 29.3 Å². The quantitative estimate of drug-likeness (QED) is 0.861. The number of benzene rings is 1. The Bertz CT molecular complexity index is 500. The molecule has 20 heavy (non-hydrogen) atoms. The second kappa shape index (κ2) is 6.93. The molecule has 1 aromatic rings. The molecule has 2 atom stereocenters. The molecule has 0 fully saturated rings. The summed E-state index contributed by atoms with van der Waals surface area (Å²) in [5.41, 5.74) is 2.01. The lowest BCUT2D eigenvalue weighted by Gasteiger charge is -2.20. The van der Waals surface area contributed by atoms with Crippen LogP contribution < -0.4 is 15.4 Å². The van der Waals surface area contributed by atoms with Crippen LogP contribution in [0.1, 0.15) is 37.9 Å². The summed E-state index contributed by atoms with van der Waals surface area (Å²) >= 11 is 0. The SMILES string of the molecule is COc1ccc(C)cc1C(C)NC(=O)C(C)NC(C)=O. The molecule has 0 radical (unpaired) electrons. The molecule has 1 aromatic carbocycles. The number of aryl methyl sites for hydroxylation is 1. The van der Waals surface area contributed by atoms with Crippen molar-refractivity contribution in [1.82, 2.24) is 10.6 Å². The number of rotatable bonds is 5. The zero-order valence-corrected chi connectivity index (χ0v) is 12.6. The first-order valence-corrected chi connectivity index (χ1v) is 6.57. The van der Waals surface area contributed by atoms with Gasteiger partial charge in [-0.15, -0.1) is 0 Å². The maximum Gasteiger partial charge on any atom is 0.242 e. The van der Waals surface area contributed by atoms with Crippen LogP contribution in [0.15, 0.2) is 18.2 Å². The van der Waals surface area contributed by atoms with Crippen LogP contribution in [0.25, 0.3) is 0 Å². The van der Waals surface area contributed by atoms with Crippen molar-refractivity contribution in [2.24, 2.45) is 0 Å². The number of ether oxygens (including phenoxy) is 1. The van der Waals surface area contributed by atoms with E-state index in [1.807, 2.05) is 32.0 Å². The predicted molar refractivity (Wildman–Crippen MR) is 77.6 cm³/mol. The van der Waals surface area contributed by atoms with E-state index >= 15 is 0 Å². The molecule has 2 N–H and O–H groups in total. The van der Waals surface area contributed by atoms with Crippen molar-refractivity contribution in [3.63, 3.8) is 0 Å². The highest BCUT2D eigenvalue weighted by Crippen LogP contribution is 2.26. The average Bonchev–Trinajstić information content (AvgIpc) is 2.37. The first-order valence-electron chi connectivity index (χ1n) is 6.57. The minimum Gasteiger partial charge on any atom is -0.496 e. The summed E-state index contributed by atoms with van der Waals surface area (Å²) in [5.74, 6) is 0.278. The third kappa shape index (κ3) is 4.26. The summed E-state index contributed by atoms with van der Waals surface area (Å²) in [6, 6.07) is 5.05. The second-order valence-corrected chi connectivity index (χ2v) is 4.90. The molecule has 0 aliphatic heterocycles. The Balaban J connectivity index is 2.80. The fraction of sp³-hybridized carbons (Fsp3) is 0.467. The van der Waals surface area contributed by atoms with Crippen molar-refractivity contribution >= 4 is 11.8 Å². The smallest absolute Gasteiger partial charge is 0.242 e. The van der Waals surface area contributed by atoms with Gasteiger partial charge in [-0.05, 0) is 26.8 Å². The number of amides is 2. The van der Waals surface area contributed by atoms with Crippen molar-refractivity contribution in [2.45, 2.75) is 39.8 Å². The van der Waals surface area contributed by atoms with E-state index in [1.54, 1.807) is 14.0 Å². The van der Waals surface area contributed by atoms with Crippen LogP contribution in [0.3, 0.4) is 0 Å². The Morgan fingerprint density at radius 1 is 1.20 bits per heavy atom. The number of hydrogen-bond donors (Lipinski definition) is 2. The maximum absolute atomic E-state index is 12.0. The van der Waals surface area contributed by atoms with Gasteiger partial charge in [-0.25, -0.2) is 0 Å². The summed E-state index contributed by atoms with van der Waals surface area (Å²) < 4.78 is 5.31. The Labute approximate surface area is 119 Å². The molecule has 0 heterocycles. The van der Waals surface area contributed by atoms with Crippen LogP contribution in [0.5, 0.6) is 5.75 Å². The number of nitrogens with one attached hydrogen (secondary N) is 2. The summed E-state index contributed by atoms with van der Waals surface area (Å²) in [4.78, 5) is 22.9. The van der Waals surface area contributed by atoms with Crippen LogP contribution in [0.4, 0.5) is 0 Å². The number of hydrogen-bond acceptors (Lipinski definition) is 3. The van der Waals surface area contributed by atoms with Gasteiger partial charge in [0.25, 0.3) is 0 Å². The van der Waals surface area contributed by atoms with Crippen molar-refractivity contribution in [2.75, 3.05) is 7.11 Å². The molecule has 2 amide bonds. The molecule has 5 heteroatoms. The molecule has 0 saturated heterocycles. The van der Waals surface area contributed by atoms with Crippen molar-refractivity contribution in [1.29, 1.82) is 0 Å². The number of methoxy groups -OCH3 is 1. The highest BCUT2D eigenvalue weighted by Gasteiger charge is 2.18. The van der Waals surface area contributed by atoms with E-state index < -0.39 is 6.04 Å². The molecule has 1 rings (SSSR count). The topological polar surface area (TPSA) is 67.4 Å². The molecule has 110 valence electrons. The molecule has 0 saturated carbocycles. The summed E-state index contributed by atoms with van der Waals surface area (Å²) in [6.45, 7) is 6.90. The normalized spacial score (nSPS) is 13.2. The fourth-order valence-corrected chi connectivity index (χ4v) is 1.98. The van der Waals surface area contributed by atoms with E-state index in [0.717, 1.165) is 16.9 Å². The van der Waals surface area contributed by atoms with Crippen LogP contribution >= 0.6 is 0 Å². The third-order valence-electron chi connectivity index (χ3n) is 3.02. The van der Waals surface area contributed by atoms with Gasteiger partial charge in [-0.1, -0.05) is 17.7 Å². The zero-order valence-electron chi connectivity index (χ0n) is 12.6. The third-order valence-corrected chi connectivity index (χ3v) is 3.02. The second-order valence-electron chi connectivity index (χ2n) is 4.90. The van der Waals surface area contributed by atoms with E-state index in [2.05, 4.69) is 10.6 Å². The van der Waals surface area contributed by atoms with Gasteiger partial charge in [0, 0.05) is 12.5 Å². The van der Waals surface area contributed by atoms with Crippen molar-refractivity contribution in [3.8, 4) is 5.75 Å². The molecule has 0 aromatic heterocycles. The molecule has 0 aliphatic carbocycles.